The van der Waals surface area contributed by atoms with Gasteiger partial charge in [-0.15, -0.1) is 0 Å². The standard InChI is InChI=1S/C16H14ClN5/c1-11-5-2-3-7-14(11)21-15-13(17)10-19-16(22-15)20-12-6-4-8-18-9-12/h2-10H,1H3,(H2,19,20,21,22). The summed E-state index contributed by atoms with van der Waals surface area (Å²) in [4.78, 5) is 12.6. The fourth-order valence-electron chi connectivity index (χ4n) is 1.92. The monoisotopic (exact) mass is 311 g/mol. The number of pyridine rings is 1. The van der Waals surface area contributed by atoms with Gasteiger partial charge in [0.15, 0.2) is 5.82 Å². The van der Waals surface area contributed by atoms with Crippen molar-refractivity contribution in [3.05, 3.63) is 65.6 Å². The number of rotatable bonds is 4. The van der Waals surface area contributed by atoms with Gasteiger partial charge in [0, 0.05) is 11.9 Å². The van der Waals surface area contributed by atoms with Crippen molar-refractivity contribution in [2.75, 3.05) is 10.6 Å². The number of nitrogens with one attached hydrogen (secondary N) is 2. The highest BCUT2D eigenvalue weighted by atomic mass is 35.5. The van der Waals surface area contributed by atoms with E-state index < -0.39 is 0 Å². The number of hydrogen-bond donors (Lipinski definition) is 2. The highest BCUT2D eigenvalue weighted by molar-refractivity contribution is 6.32. The summed E-state index contributed by atoms with van der Waals surface area (Å²) in [6.07, 6.45) is 4.97. The van der Waals surface area contributed by atoms with Crippen LogP contribution in [-0.4, -0.2) is 15.0 Å². The third-order valence-electron chi connectivity index (χ3n) is 3.06. The van der Waals surface area contributed by atoms with Crippen LogP contribution in [0.5, 0.6) is 0 Å². The summed E-state index contributed by atoms with van der Waals surface area (Å²) in [6, 6.07) is 11.7. The van der Waals surface area contributed by atoms with E-state index in [4.69, 9.17) is 11.6 Å². The summed E-state index contributed by atoms with van der Waals surface area (Å²) >= 11 is 6.17. The summed E-state index contributed by atoms with van der Waals surface area (Å²) in [5, 5.41) is 6.77. The molecule has 0 bridgehead atoms. The molecule has 0 saturated heterocycles. The first-order valence-corrected chi connectivity index (χ1v) is 7.12. The van der Waals surface area contributed by atoms with Gasteiger partial charge >= 0.3 is 0 Å². The van der Waals surface area contributed by atoms with E-state index in [0.717, 1.165) is 16.9 Å². The molecular formula is C16H14ClN5. The number of para-hydroxylation sites is 1. The Kier molecular flexibility index (Phi) is 4.16. The number of aromatic nitrogens is 3. The molecule has 110 valence electrons. The minimum absolute atomic E-state index is 0.452. The maximum atomic E-state index is 6.17. The fourth-order valence-corrected chi connectivity index (χ4v) is 2.06. The maximum absolute atomic E-state index is 6.17. The molecule has 0 unspecified atom stereocenters. The van der Waals surface area contributed by atoms with Crippen LogP contribution < -0.4 is 10.6 Å². The lowest BCUT2D eigenvalue weighted by Gasteiger charge is -2.11. The molecule has 22 heavy (non-hydrogen) atoms. The lowest BCUT2D eigenvalue weighted by molar-refractivity contribution is 1.16. The number of anilines is 4. The van der Waals surface area contributed by atoms with Crippen LogP contribution in [-0.2, 0) is 0 Å². The highest BCUT2D eigenvalue weighted by Gasteiger charge is 2.07. The second-order valence-electron chi connectivity index (χ2n) is 4.70. The van der Waals surface area contributed by atoms with Crippen molar-refractivity contribution in [1.29, 1.82) is 0 Å². The van der Waals surface area contributed by atoms with Gasteiger partial charge in [-0.3, -0.25) is 4.98 Å². The van der Waals surface area contributed by atoms with E-state index >= 15 is 0 Å². The predicted octanol–water partition coefficient (Wildman–Crippen LogP) is 4.32. The zero-order valence-corrected chi connectivity index (χ0v) is 12.7. The molecule has 5 nitrogen and oxygen atoms in total. The van der Waals surface area contributed by atoms with Gasteiger partial charge in [-0.2, -0.15) is 4.98 Å². The summed E-state index contributed by atoms with van der Waals surface area (Å²) in [5.41, 5.74) is 2.88. The Hall–Kier alpha value is -2.66. The van der Waals surface area contributed by atoms with E-state index in [2.05, 4.69) is 25.6 Å². The van der Waals surface area contributed by atoms with Crippen LogP contribution in [0.2, 0.25) is 5.02 Å². The van der Waals surface area contributed by atoms with E-state index in [0.29, 0.717) is 16.8 Å². The molecule has 2 heterocycles. The molecule has 0 atom stereocenters. The molecule has 0 aliphatic heterocycles. The average Bonchev–Trinajstić information content (AvgIpc) is 2.54. The van der Waals surface area contributed by atoms with Crippen molar-refractivity contribution in [2.45, 2.75) is 6.92 Å². The first-order valence-electron chi connectivity index (χ1n) is 6.74. The molecular weight excluding hydrogens is 298 g/mol. The Labute approximate surface area is 133 Å². The molecule has 0 fully saturated rings. The quantitative estimate of drug-likeness (QED) is 0.751. The molecule has 0 radical (unpaired) electrons. The van der Waals surface area contributed by atoms with Crippen LogP contribution in [0.4, 0.5) is 23.1 Å². The van der Waals surface area contributed by atoms with Gasteiger partial charge in [-0.05, 0) is 30.7 Å². The first-order chi connectivity index (χ1) is 10.7. The predicted molar refractivity (Wildman–Crippen MR) is 89.0 cm³/mol. The van der Waals surface area contributed by atoms with Gasteiger partial charge in [0.2, 0.25) is 5.95 Å². The van der Waals surface area contributed by atoms with Gasteiger partial charge < -0.3 is 10.6 Å². The molecule has 3 aromatic rings. The summed E-state index contributed by atoms with van der Waals surface area (Å²) < 4.78 is 0. The lowest BCUT2D eigenvalue weighted by atomic mass is 10.2. The molecule has 2 aromatic heterocycles. The van der Waals surface area contributed by atoms with E-state index in [1.807, 2.05) is 43.3 Å². The third-order valence-corrected chi connectivity index (χ3v) is 3.34. The topological polar surface area (TPSA) is 62.7 Å². The van der Waals surface area contributed by atoms with Gasteiger partial charge in [0.25, 0.3) is 0 Å². The normalized spacial score (nSPS) is 10.3. The van der Waals surface area contributed by atoms with Crippen molar-refractivity contribution < 1.29 is 0 Å². The van der Waals surface area contributed by atoms with Crippen molar-refractivity contribution in [3.8, 4) is 0 Å². The Morgan fingerprint density at radius 1 is 1.00 bits per heavy atom. The minimum atomic E-state index is 0.452. The number of benzene rings is 1. The largest absolute Gasteiger partial charge is 0.339 e. The van der Waals surface area contributed by atoms with Crippen LogP contribution in [0.25, 0.3) is 0 Å². The number of halogens is 1. The summed E-state index contributed by atoms with van der Waals surface area (Å²) in [6.45, 7) is 2.02. The zero-order chi connectivity index (χ0) is 15.4. The molecule has 0 aliphatic rings. The van der Waals surface area contributed by atoms with Crippen molar-refractivity contribution in [2.24, 2.45) is 0 Å². The van der Waals surface area contributed by atoms with Crippen molar-refractivity contribution >= 4 is 34.7 Å². The number of hydrogen-bond acceptors (Lipinski definition) is 5. The SMILES string of the molecule is Cc1ccccc1Nc1nc(Nc2cccnc2)ncc1Cl. The molecule has 0 saturated carbocycles. The smallest absolute Gasteiger partial charge is 0.229 e. The van der Waals surface area contributed by atoms with E-state index in [9.17, 15) is 0 Å². The first kappa shape index (κ1) is 14.3. The molecule has 2 N–H and O–H groups in total. The molecule has 0 spiro atoms. The van der Waals surface area contributed by atoms with Crippen molar-refractivity contribution in [1.82, 2.24) is 15.0 Å². The fraction of sp³-hybridized carbons (Fsp3) is 0.0625. The highest BCUT2D eigenvalue weighted by Crippen LogP contribution is 2.26. The Morgan fingerprint density at radius 2 is 1.86 bits per heavy atom. The van der Waals surface area contributed by atoms with E-state index in [-0.39, 0.29) is 0 Å². The zero-order valence-electron chi connectivity index (χ0n) is 11.9. The third kappa shape index (κ3) is 3.32. The number of nitrogens with zero attached hydrogens (tertiary/aromatic N) is 3. The minimum Gasteiger partial charge on any atom is -0.339 e. The molecule has 6 heteroatoms. The van der Waals surface area contributed by atoms with E-state index in [1.165, 1.54) is 0 Å². The average molecular weight is 312 g/mol. The number of aryl methyl sites for hydroxylation is 1. The van der Waals surface area contributed by atoms with Crippen molar-refractivity contribution in [3.63, 3.8) is 0 Å². The van der Waals surface area contributed by atoms with Crippen LogP contribution in [0.15, 0.2) is 55.0 Å². The van der Waals surface area contributed by atoms with Crippen LogP contribution >= 0.6 is 11.6 Å². The van der Waals surface area contributed by atoms with Crippen LogP contribution in [0.3, 0.4) is 0 Å². The summed E-state index contributed by atoms with van der Waals surface area (Å²) in [5.74, 6) is 1.01. The van der Waals surface area contributed by atoms with E-state index in [1.54, 1.807) is 18.6 Å². The van der Waals surface area contributed by atoms with Gasteiger partial charge in [0.1, 0.15) is 5.02 Å². The molecule has 0 aliphatic carbocycles. The molecule has 0 amide bonds. The maximum Gasteiger partial charge on any atom is 0.229 e. The Bertz CT molecular complexity index is 776. The second-order valence-corrected chi connectivity index (χ2v) is 5.10. The summed E-state index contributed by atoms with van der Waals surface area (Å²) in [7, 11) is 0. The van der Waals surface area contributed by atoms with Gasteiger partial charge in [0.05, 0.1) is 18.1 Å². The lowest BCUT2D eigenvalue weighted by Crippen LogP contribution is -2.02. The van der Waals surface area contributed by atoms with Crippen LogP contribution in [0, 0.1) is 6.92 Å². The molecule has 1 aromatic carbocycles. The Morgan fingerprint density at radius 3 is 2.64 bits per heavy atom. The second kappa shape index (κ2) is 6.41. The van der Waals surface area contributed by atoms with Gasteiger partial charge in [-0.1, -0.05) is 29.8 Å². The van der Waals surface area contributed by atoms with Gasteiger partial charge in [-0.25, -0.2) is 4.98 Å². The van der Waals surface area contributed by atoms with Crippen LogP contribution in [0.1, 0.15) is 5.56 Å². The Balaban J connectivity index is 1.86. The molecule has 3 rings (SSSR count).